The van der Waals surface area contributed by atoms with E-state index in [0.717, 1.165) is 67.2 Å². The number of unbranched alkanes of at least 4 members (excludes halogenated alkanes) is 5. The van der Waals surface area contributed by atoms with Crippen LogP contribution in [0, 0.1) is 23.2 Å². The molecule has 1 saturated heterocycles. The number of benzene rings is 2. The molecule has 1 aliphatic carbocycles. The van der Waals surface area contributed by atoms with Gasteiger partial charge in [-0.05, 0) is 71.1 Å². The number of hydrogen-bond donors (Lipinski definition) is 3. The lowest BCUT2D eigenvalue weighted by Crippen LogP contribution is -2.41. The molecule has 3 N–H and O–H groups in total. The highest BCUT2D eigenvalue weighted by Gasteiger charge is 2.46. The highest BCUT2D eigenvalue weighted by Crippen LogP contribution is 2.49. The maximum atomic E-state index is 12.8. The molecule has 2 amide bonds. The van der Waals surface area contributed by atoms with E-state index < -0.39 is 45.0 Å². The van der Waals surface area contributed by atoms with Gasteiger partial charge in [-0.25, -0.2) is 9.46 Å². The highest BCUT2D eigenvalue weighted by atomic mass is 31.2. The van der Waals surface area contributed by atoms with Crippen LogP contribution in [0.4, 0.5) is 4.79 Å². The predicted molar refractivity (Wildman–Crippen MR) is 221 cm³/mol. The fourth-order valence-electron chi connectivity index (χ4n) is 6.94. The summed E-state index contributed by atoms with van der Waals surface area (Å²) in [7, 11) is 4.71. The molecule has 3 unspecified atom stereocenters. The molecule has 1 fully saturated rings. The second kappa shape index (κ2) is 25.1. The van der Waals surface area contributed by atoms with Gasteiger partial charge in [-0.2, -0.15) is 5.26 Å². The summed E-state index contributed by atoms with van der Waals surface area (Å²) in [4.78, 5) is 25.2. The SMILES string of the molecule is [B][C@@H]1O[C@H](CO)C(OP(OCCC#N)N(C(C)C)C(C)C)[C@@H]1OCCCCCCNC(=O)CCCCCNC(=O)OC1Cc2ccccc2C#Cc2ccccc21. The van der Waals surface area contributed by atoms with Gasteiger partial charge in [0, 0.05) is 67.3 Å². The molecule has 308 valence electrons. The second-order valence-corrected chi connectivity index (χ2v) is 16.3. The van der Waals surface area contributed by atoms with Crippen LogP contribution in [0.15, 0.2) is 48.5 Å². The van der Waals surface area contributed by atoms with Crippen molar-refractivity contribution in [2.24, 2.45) is 0 Å². The number of aliphatic hydroxyl groups is 1. The molecular weight excluding hydrogens is 742 g/mol. The maximum absolute atomic E-state index is 12.8. The number of ether oxygens (including phenoxy) is 3. The average molecular weight is 803 g/mol. The van der Waals surface area contributed by atoms with Crippen LogP contribution in [-0.2, 0) is 34.5 Å². The maximum Gasteiger partial charge on any atom is 0.407 e. The zero-order valence-corrected chi connectivity index (χ0v) is 34.9. The van der Waals surface area contributed by atoms with Crippen molar-refractivity contribution in [3.05, 3.63) is 70.8 Å². The fraction of sp³-hybridized carbons (Fsp3) is 0.605. The molecule has 12 nitrogen and oxygen atoms in total. The van der Waals surface area contributed by atoms with E-state index in [-0.39, 0.29) is 37.6 Å². The van der Waals surface area contributed by atoms with E-state index in [4.69, 9.17) is 36.4 Å². The first-order valence-electron chi connectivity index (χ1n) is 20.4. The molecule has 57 heavy (non-hydrogen) atoms. The smallest absolute Gasteiger partial charge is 0.407 e. The topological polar surface area (TPSA) is 152 Å². The third kappa shape index (κ3) is 15.0. The first-order valence-corrected chi connectivity index (χ1v) is 21.5. The number of nitriles is 1. The Morgan fingerprint density at radius 3 is 2.33 bits per heavy atom. The summed E-state index contributed by atoms with van der Waals surface area (Å²) in [5.41, 5.74) is 3.75. The summed E-state index contributed by atoms with van der Waals surface area (Å²) < 4.78 is 32.5. The van der Waals surface area contributed by atoms with Crippen molar-refractivity contribution in [2.45, 2.75) is 134 Å². The summed E-state index contributed by atoms with van der Waals surface area (Å²) in [5, 5.41) is 24.9. The quantitative estimate of drug-likeness (QED) is 0.0460. The Bertz CT molecular complexity index is 1640. The summed E-state index contributed by atoms with van der Waals surface area (Å²) in [6.07, 6.45) is 4.25. The van der Waals surface area contributed by atoms with Gasteiger partial charge in [0.25, 0.3) is 8.53 Å². The van der Waals surface area contributed by atoms with Crippen LogP contribution in [0.2, 0.25) is 0 Å². The van der Waals surface area contributed by atoms with Crippen molar-refractivity contribution in [1.82, 2.24) is 15.3 Å². The molecule has 0 bridgehead atoms. The minimum absolute atomic E-state index is 0.0294. The first-order chi connectivity index (χ1) is 27.6. The number of nitrogens with zero attached hydrogens (tertiary/aromatic N) is 2. The van der Waals surface area contributed by atoms with Crippen LogP contribution in [0.5, 0.6) is 0 Å². The van der Waals surface area contributed by atoms with Gasteiger partial charge in [0.15, 0.2) is 0 Å². The van der Waals surface area contributed by atoms with Crippen LogP contribution < -0.4 is 10.6 Å². The minimum atomic E-state index is -1.57. The van der Waals surface area contributed by atoms with Gasteiger partial charge in [-0.3, -0.25) is 4.79 Å². The Balaban J connectivity index is 1.06. The normalized spacial score (nSPS) is 20.4. The van der Waals surface area contributed by atoms with Gasteiger partial charge >= 0.3 is 6.09 Å². The number of alkyl carbamates (subject to hydrolysis) is 1. The summed E-state index contributed by atoms with van der Waals surface area (Å²) in [6, 6.07) is 17.3. The van der Waals surface area contributed by atoms with E-state index in [1.807, 2.05) is 48.5 Å². The summed E-state index contributed by atoms with van der Waals surface area (Å²) in [6.45, 7) is 9.73. The molecular formula is C43H60BN4O8P. The molecule has 0 aromatic heterocycles. The van der Waals surface area contributed by atoms with E-state index in [9.17, 15) is 14.7 Å². The van der Waals surface area contributed by atoms with E-state index in [1.54, 1.807) is 0 Å². The van der Waals surface area contributed by atoms with Crippen molar-refractivity contribution in [3.8, 4) is 17.9 Å². The molecule has 4 rings (SSSR count). The number of nitrogens with one attached hydrogen (secondary N) is 2. The number of amides is 2. The molecule has 2 aliphatic rings. The molecule has 0 spiro atoms. The van der Waals surface area contributed by atoms with Crippen molar-refractivity contribution >= 4 is 28.4 Å². The van der Waals surface area contributed by atoms with Crippen molar-refractivity contribution < 1.29 is 38.0 Å². The van der Waals surface area contributed by atoms with E-state index >= 15 is 0 Å². The Morgan fingerprint density at radius 1 is 0.930 bits per heavy atom. The molecule has 14 heteroatoms. The fourth-order valence-corrected chi connectivity index (χ4v) is 8.71. The number of hydrogen-bond acceptors (Lipinski definition) is 10. The average Bonchev–Trinajstić information content (AvgIpc) is 3.48. The van der Waals surface area contributed by atoms with Gasteiger partial charge in [0.2, 0.25) is 5.91 Å². The largest absolute Gasteiger partial charge is 0.441 e. The van der Waals surface area contributed by atoms with Crippen LogP contribution in [-0.4, -0.2) is 98.9 Å². The zero-order valence-electron chi connectivity index (χ0n) is 34.0. The van der Waals surface area contributed by atoms with E-state index in [1.165, 1.54) is 0 Å². The molecule has 2 radical (unpaired) electrons. The lowest BCUT2D eigenvalue weighted by atomic mass is 9.92. The van der Waals surface area contributed by atoms with Crippen molar-refractivity contribution in [2.75, 3.05) is 32.9 Å². The van der Waals surface area contributed by atoms with Crippen LogP contribution >= 0.6 is 8.53 Å². The summed E-state index contributed by atoms with van der Waals surface area (Å²) in [5.74, 6) is 6.51. The van der Waals surface area contributed by atoms with Crippen LogP contribution in [0.25, 0.3) is 0 Å². The van der Waals surface area contributed by atoms with Crippen LogP contribution in [0.3, 0.4) is 0 Å². The van der Waals surface area contributed by atoms with Gasteiger partial charge in [-0.1, -0.05) is 67.5 Å². The van der Waals surface area contributed by atoms with Gasteiger partial charge in [0.1, 0.15) is 32.3 Å². The molecule has 2 aromatic rings. The van der Waals surface area contributed by atoms with E-state index in [2.05, 4.69) is 60.9 Å². The molecule has 1 heterocycles. The zero-order chi connectivity index (χ0) is 41.0. The van der Waals surface area contributed by atoms with Crippen molar-refractivity contribution in [1.29, 1.82) is 5.26 Å². The lowest BCUT2D eigenvalue weighted by Gasteiger charge is -2.38. The first kappa shape index (κ1) is 46.2. The standard InChI is InChI=1S/C43H60BN4O8P/c1-31(2)48(32(3)4)57(53-28-16-24-45)56-40-38(30-49)54-42(44)41(40)52-27-15-6-5-13-25-46-39(50)21-8-7-14-26-47-43(51)55-37-29-35-19-10-9-17-33(35)22-23-34-18-11-12-20-36(34)37/h9-12,17-20,31-32,37-38,40-42,49H,5-8,13-16,21,25-30H2,1-4H3,(H,46,50)(H,47,51)/t37?,38-,40?,41+,42-,57?/m1/s1. The highest BCUT2D eigenvalue weighted by molar-refractivity contribution is 7.44. The predicted octanol–water partition coefficient (Wildman–Crippen LogP) is 6.58. The Morgan fingerprint density at radius 2 is 1.60 bits per heavy atom. The molecule has 1 aliphatic heterocycles. The molecule has 2 aromatic carbocycles. The monoisotopic (exact) mass is 802 g/mol. The number of carbonyl (C=O) groups excluding carboxylic acids is 2. The lowest BCUT2D eigenvalue weighted by molar-refractivity contribution is -0.121. The third-order valence-electron chi connectivity index (χ3n) is 9.77. The van der Waals surface area contributed by atoms with Crippen LogP contribution in [0.1, 0.15) is 114 Å². The number of rotatable bonds is 24. The number of aliphatic hydroxyl groups excluding tert-OH is 1. The molecule has 0 saturated carbocycles. The summed E-state index contributed by atoms with van der Waals surface area (Å²) >= 11 is 0. The number of carbonyl (C=O) groups is 2. The van der Waals surface area contributed by atoms with Gasteiger partial charge in [0.05, 0.1) is 25.7 Å². The second-order valence-electron chi connectivity index (χ2n) is 14.9. The Kier molecular flexibility index (Phi) is 20.3. The van der Waals surface area contributed by atoms with Crippen molar-refractivity contribution in [3.63, 3.8) is 0 Å². The Labute approximate surface area is 342 Å². The number of fused-ring (bicyclic) bond motifs is 2. The van der Waals surface area contributed by atoms with Gasteiger partial charge in [-0.15, -0.1) is 0 Å². The minimum Gasteiger partial charge on any atom is -0.441 e. The third-order valence-corrected chi connectivity index (χ3v) is 11.9. The van der Waals surface area contributed by atoms with E-state index in [0.29, 0.717) is 32.5 Å². The molecule has 6 atom stereocenters. The Hall–Kier alpha value is -3.52. The van der Waals surface area contributed by atoms with Gasteiger partial charge < -0.3 is 39.0 Å².